The molecule has 1 N–H and O–H groups in total. The van der Waals surface area contributed by atoms with Crippen LogP contribution in [-0.2, 0) is 10.3 Å². The predicted octanol–water partition coefficient (Wildman–Crippen LogP) is 5.55. The molecule has 1 aliphatic heterocycles. The molecule has 5 nitrogen and oxygen atoms in total. The number of nitrogens with one attached hydrogen (secondary N) is 1. The molecule has 0 amide bonds. The van der Waals surface area contributed by atoms with E-state index in [1.807, 2.05) is 13.0 Å². The highest BCUT2D eigenvalue weighted by molar-refractivity contribution is 5.46. The summed E-state index contributed by atoms with van der Waals surface area (Å²) in [6, 6.07) is 3.79. The van der Waals surface area contributed by atoms with Crippen molar-refractivity contribution in [2.75, 3.05) is 17.0 Å². The molecule has 1 unspecified atom stereocenters. The van der Waals surface area contributed by atoms with Crippen molar-refractivity contribution in [3.05, 3.63) is 54.2 Å². The molecule has 154 valence electrons. The van der Waals surface area contributed by atoms with E-state index < -0.39 is 17.5 Å². The number of anilines is 2. The van der Waals surface area contributed by atoms with Gasteiger partial charge in [-0.1, -0.05) is 32.5 Å². The van der Waals surface area contributed by atoms with Crippen molar-refractivity contribution in [2.45, 2.75) is 52.0 Å². The molecule has 0 saturated carbocycles. The molecule has 1 aromatic carbocycles. The zero-order valence-corrected chi connectivity index (χ0v) is 16.6. The zero-order valence-electron chi connectivity index (χ0n) is 16.6. The van der Waals surface area contributed by atoms with Gasteiger partial charge in [-0.25, -0.2) is 13.2 Å². The summed E-state index contributed by atoms with van der Waals surface area (Å²) in [5.74, 6) is -2.28. The molecule has 0 aliphatic carbocycles. The lowest BCUT2D eigenvalue weighted by molar-refractivity contribution is 0.0530. The molecule has 1 atom stereocenters. The number of nitrogens with zero attached hydrogens (tertiary/aromatic N) is 2. The lowest BCUT2D eigenvalue weighted by Crippen LogP contribution is -2.37. The second-order valence-electron chi connectivity index (χ2n) is 7.55. The second-order valence-corrected chi connectivity index (χ2v) is 7.55. The molecule has 2 heterocycles. The average molecular weight is 397 g/mol. The number of hydrogen-bond acceptors (Lipinski definition) is 5. The van der Waals surface area contributed by atoms with Gasteiger partial charge in [-0.2, -0.15) is 0 Å². The summed E-state index contributed by atoms with van der Waals surface area (Å²) in [7, 11) is 0. The van der Waals surface area contributed by atoms with Gasteiger partial charge in [0.1, 0.15) is 5.76 Å². The van der Waals surface area contributed by atoms with Gasteiger partial charge in [0.15, 0.2) is 23.3 Å². The quantitative estimate of drug-likeness (QED) is 0.688. The topological polar surface area (TPSA) is 50.5 Å². The number of hydrogen-bond donors (Lipinski definition) is 1. The summed E-state index contributed by atoms with van der Waals surface area (Å²) in [6.07, 6.45) is 3.36. The van der Waals surface area contributed by atoms with E-state index in [9.17, 15) is 13.2 Å². The summed E-state index contributed by atoms with van der Waals surface area (Å²) in [5.41, 5.74) is 0.220. The molecule has 3 rings (SSSR count). The molecule has 1 saturated heterocycles. The van der Waals surface area contributed by atoms with Gasteiger partial charge in [0.25, 0.3) is 0 Å². The van der Waals surface area contributed by atoms with Crippen molar-refractivity contribution in [3.63, 3.8) is 0 Å². The minimum absolute atomic E-state index is 0.00804. The first kappa shape index (κ1) is 21.8. The Balaban J connectivity index is 0.000000209. The van der Waals surface area contributed by atoms with E-state index in [0.717, 1.165) is 30.7 Å². The van der Waals surface area contributed by atoms with E-state index >= 15 is 0 Å². The molecule has 0 spiro atoms. The Labute approximate surface area is 163 Å². The van der Waals surface area contributed by atoms with E-state index in [4.69, 9.17) is 9.36 Å². The first-order valence-corrected chi connectivity index (χ1v) is 9.04. The van der Waals surface area contributed by atoms with Crippen LogP contribution in [0.15, 0.2) is 35.5 Å². The lowest BCUT2D eigenvalue weighted by Gasteiger charge is -2.34. The first-order valence-electron chi connectivity index (χ1n) is 9.04. The summed E-state index contributed by atoms with van der Waals surface area (Å²) >= 11 is 0. The van der Waals surface area contributed by atoms with Crippen LogP contribution in [0.2, 0.25) is 0 Å². The minimum Gasteiger partial charge on any atom is -0.359 e. The highest BCUT2D eigenvalue weighted by Gasteiger charge is 2.22. The predicted molar refractivity (Wildman–Crippen MR) is 102 cm³/mol. The largest absolute Gasteiger partial charge is 0.359 e. The fourth-order valence-electron chi connectivity index (χ4n) is 2.59. The second kappa shape index (κ2) is 9.14. The van der Waals surface area contributed by atoms with E-state index in [1.54, 1.807) is 6.20 Å². The lowest BCUT2D eigenvalue weighted by atomic mass is 9.93. The van der Waals surface area contributed by atoms with Gasteiger partial charge in [-0.05, 0) is 26.0 Å². The van der Waals surface area contributed by atoms with Crippen LogP contribution in [0.25, 0.3) is 0 Å². The molecule has 1 aromatic heterocycles. The zero-order chi connectivity index (χ0) is 20.9. The Morgan fingerprint density at radius 2 is 1.86 bits per heavy atom. The molecule has 28 heavy (non-hydrogen) atoms. The highest BCUT2D eigenvalue weighted by atomic mass is 19.2. The fourth-order valence-corrected chi connectivity index (χ4v) is 2.59. The van der Waals surface area contributed by atoms with Crippen LogP contribution in [0.3, 0.4) is 0 Å². The van der Waals surface area contributed by atoms with Gasteiger partial charge in [0, 0.05) is 23.6 Å². The van der Waals surface area contributed by atoms with Crippen LogP contribution in [0.4, 0.5) is 24.7 Å². The van der Waals surface area contributed by atoms with Gasteiger partial charge in [-0.15, -0.1) is 0 Å². The monoisotopic (exact) mass is 397 g/mol. The Kier molecular flexibility index (Phi) is 7.12. The molecule has 8 heteroatoms. The number of halogens is 3. The molecule has 0 radical (unpaired) electrons. The van der Waals surface area contributed by atoms with E-state index in [0.29, 0.717) is 12.4 Å². The van der Waals surface area contributed by atoms with Crippen LogP contribution in [0.1, 0.15) is 46.3 Å². The van der Waals surface area contributed by atoms with Crippen LogP contribution >= 0.6 is 0 Å². The molecular formula is C20H26F3N3O2. The molecule has 1 aliphatic rings. The summed E-state index contributed by atoms with van der Waals surface area (Å²) in [5, 5.41) is 8.10. The van der Waals surface area contributed by atoms with Gasteiger partial charge >= 0.3 is 0 Å². The normalized spacial score (nSPS) is 17.0. The molecular weight excluding hydrogens is 371 g/mol. The van der Waals surface area contributed by atoms with Gasteiger partial charge < -0.3 is 9.84 Å². The van der Waals surface area contributed by atoms with Crippen LogP contribution in [0, 0.1) is 17.5 Å². The summed E-state index contributed by atoms with van der Waals surface area (Å²) in [6.45, 7) is 12.2. The molecule has 0 bridgehead atoms. The molecule has 2 aromatic rings. The third kappa shape index (κ3) is 5.51. The van der Waals surface area contributed by atoms with Crippen LogP contribution < -0.4 is 10.4 Å². The number of benzene rings is 1. The van der Waals surface area contributed by atoms with Crippen molar-refractivity contribution in [1.29, 1.82) is 0 Å². The van der Waals surface area contributed by atoms with Gasteiger partial charge in [-0.3, -0.25) is 9.90 Å². The van der Waals surface area contributed by atoms with Gasteiger partial charge in [0.05, 0.1) is 18.3 Å². The standard InChI is InChI=1S/C11H12F3NO.C9H14N2O/c1-7-3-2-4-16-15(7)8-5-9(12)11(14)10(13)6-8;1-5-10-8-6-7(12-11-8)9(2,3)4/h5-7H,2-4H2,1H3;5-6H,1H2,2-4H3,(H,10,11). The van der Waals surface area contributed by atoms with Crippen LogP contribution in [0.5, 0.6) is 0 Å². The smallest absolute Gasteiger partial charge is 0.194 e. The SMILES string of the molecule is C=CNc1cc(C(C)(C)C)on1.CC1CCCON1c1cc(F)c(F)c(F)c1. The fraction of sp³-hybridized carbons (Fsp3) is 0.450. The van der Waals surface area contributed by atoms with Crippen molar-refractivity contribution < 1.29 is 22.5 Å². The van der Waals surface area contributed by atoms with Crippen molar-refractivity contribution in [3.8, 4) is 0 Å². The minimum atomic E-state index is -1.45. The maximum absolute atomic E-state index is 13.0. The van der Waals surface area contributed by atoms with E-state index in [1.165, 1.54) is 5.06 Å². The van der Waals surface area contributed by atoms with Gasteiger partial charge in [0.2, 0.25) is 0 Å². The van der Waals surface area contributed by atoms with E-state index in [2.05, 4.69) is 37.8 Å². The average Bonchev–Trinajstić information content (AvgIpc) is 3.10. The van der Waals surface area contributed by atoms with E-state index in [-0.39, 0.29) is 17.1 Å². The van der Waals surface area contributed by atoms with Crippen molar-refractivity contribution in [2.24, 2.45) is 0 Å². The third-order valence-electron chi connectivity index (χ3n) is 4.12. The van der Waals surface area contributed by atoms with Crippen LogP contribution in [-0.4, -0.2) is 17.8 Å². The Hall–Kier alpha value is -2.48. The maximum Gasteiger partial charge on any atom is 0.194 e. The number of aromatic nitrogens is 1. The summed E-state index contributed by atoms with van der Waals surface area (Å²) in [4.78, 5) is 5.30. The summed E-state index contributed by atoms with van der Waals surface area (Å²) < 4.78 is 43.9. The highest BCUT2D eigenvalue weighted by Crippen LogP contribution is 2.27. The number of hydroxylamine groups is 1. The molecule has 1 fully saturated rings. The maximum atomic E-state index is 13.0. The first-order chi connectivity index (χ1) is 13.1. The Morgan fingerprint density at radius 1 is 1.21 bits per heavy atom. The van der Waals surface area contributed by atoms with Crippen molar-refractivity contribution in [1.82, 2.24) is 5.16 Å². The Bertz CT molecular complexity index is 779. The Morgan fingerprint density at radius 3 is 2.36 bits per heavy atom. The number of rotatable bonds is 3. The third-order valence-corrected chi connectivity index (χ3v) is 4.12. The van der Waals surface area contributed by atoms with Crippen molar-refractivity contribution >= 4 is 11.5 Å².